The van der Waals surface area contributed by atoms with Crippen LogP contribution in [0.15, 0.2) is 18.2 Å². The summed E-state index contributed by atoms with van der Waals surface area (Å²) in [5, 5.41) is 8.46. The molecule has 0 aliphatic carbocycles. The zero-order valence-electron chi connectivity index (χ0n) is 8.04. The molecular formula is C10H9F2NO2. The third-order valence-corrected chi connectivity index (χ3v) is 1.73. The van der Waals surface area contributed by atoms with E-state index in [4.69, 9.17) is 10.00 Å². The van der Waals surface area contributed by atoms with Crippen LogP contribution in [0.25, 0.3) is 0 Å². The molecule has 5 heteroatoms. The van der Waals surface area contributed by atoms with Crippen molar-refractivity contribution >= 4 is 0 Å². The first kappa shape index (κ1) is 11.2. The van der Waals surface area contributed by atoms with E-state index >= 15 is 0 Å². The van der Waals surface area contributed by atoms with Crippen LogP contribution in [0.1, 0.15) is 5.56 Å². The van der Waals surface area contributed by atoms with E-state index in [1.165, 1.54) is 19.2 Å². The smallest absolute Gasteiger partial charge is 0.387 e. The van der Waals surface area contributed by atoms with Gasteiger partial charge in [-0.05, 0) is 17.7 Å². The van der Waals surface area contributed by atoms with E-state index in [0.29, 0.717) is 5.56 Å². The number of hydrogen-bond acceptors (Lipinski definition) is 3. The molecule has 80 valence electrons. The summed E-state index contributed by atoms with van der Waals surface area (Å²) in [5.74, 6) is 0.164. The Morgan fingerprint density at radius 3 is 2.67 bits per heavy atom. The molecule has 3 nitrogen and oxygen atoms in total. The number of hydrogen-bond donors (Lipinski definition) is 0. The first-order chi connectivity index (χ1) is 7.17. The molecule has 0 aliphatic rings. The Hall–Kier alpha value is -1.83. The van der Waals surface area contributed by atoms with Gasteiger partial charge in [0, 0.05) is 0 Å². The molecule has 15 heavy (non-hydrogen) atoms. The second-order valence-corrected chi connectivity index (χ2v) is 2.70. The van der Waals surface area contributed by atoms with Crippen LogP contribution in [0.3, 0.4) is 0 Å². The Balaban J connectivity index is 2.94. The highest BCUT2D eigenvalue weighted by Gasteiger charge is 2.10. The second-order valence-electron chi connectivity index (χ2n) is 2.70. The molecule has 0 fully saturated rings. The lowest BCUT2D eigenvalue weighted by atomic mass is 10.1. The zero-order valence-corrected chi connectivity index (χ0v) is 8.04. The largest absolute Gasteiger partial charge is 0.493 e. The lowest BCUT2D eigenvalue weighted by Gasteiger charge is -2.10. The number of benzene rings is 1. The maximum Gasteiger partial charge on any atom is 0.387 e. The van der Waals surface area contributed by atoms with Gasteiger partial charge in [-0.2, -0.15) is 14.0 Å². The Bertz CT molecular complexity index is 374. The number of rotatable bonds is 4. The molecule has 0 amide bonds. The molecule has 0 radical (unpaired) electrons. The minimum absolute atomic E-state index is 0.0332. The maximum absolute atomic E-state index is 12.0. The van der Waals surface area contributed by atoms with E-state index in [0.717, 1.165) is 0 Å². The summed E-state index contributed by atoms with van der Waals surface area (Å²) in [6, 6.07) is 6.36. The number of ether oxygens (including phenoxy) is 2. The molecule has 1 rings (SSSR count). The first-order valence-electron chi connectivity index (χ1n) is 4.16. The van der Waals surface area contributed by atoms with Crippen LogP contribution in [0, 0.1) is 11.3 Å². The van der Waals surface area contributed by atoms with Crippen LogP contribution in [0.5, 0.6) is 11.5 Å². The highest BCUT2D eigenvalue weighted by molar-refractivity contribution is 5.43. The van der Waals surface area contributed by atoms with Gasteiger partial charge in [0.1, 0.15) is 0 Å². The van der Waals surface area contributed by atoms with Crippen LogP contribution >= 0.6 is 0 Å². The fraction of sp³-hybridized carbons (Fsp3) is 0.300. The number of nitriles is 1. The van der Waals surface area contributed by atoms with Gasteiger partial charge in [-0.1, -0.05) is 6.07 Å². The number of methoxy groups -OCH3 is 1. The van der Waals surface area contributed by atoms with Gasteiger partial charge < -0.3 is 9.47 Å². The molecule has 0 aliphatic heterocycles. The topological polar surface area (TPSA) is 42.2 Å². The monoisotopic (exact) mass is 213 g/mol. The molecule has 0 unspecified atom stereocenters. The normalized spacial score (nSPS) is 9.80. The fourth-order valence-electron chi connectivity index (χ4n) is 1.11. The molecule has 0 saturated carbocycles. The Morgan fingerprint density at radius 2 is 2.13 bits per heavy atom. The molecule has 0 aromatic heterocycles. The summed E-state index contributed by atoms with van der Waals surface area (Å²) in [5.41, 5.74) is 0.691. The van der Waals surface area contributed by atoms with Crippen molar-refractivity contribution in [1.82, 2.24) is 0 Å². The highest BCUT2D eigenvalue weighted by atomic mass is 19.3. The molecule has 0 spiro atoms. The van der Waals surface area contributed by atoms with Gasteiger partial charge in [-0.3, -0.25) is 0 Å². The number of halogens is 2. The standard InChI is InChI=1S/C10H9F2NO2/c1-14-9-6-7(4-5-13)2-3-8(9)15-10(11)12/h2-3,6,10H,4H2,1H3. The van der Waals surface area contributed by atoms with Crippen molar-refractivity contribution in [2.75, 3.05) is 7.11 Å². The lowest BCUT2D eigenvalue weighted by molar-refractivity contribution is -0.0512. The molecular weight excluding hydrogens is 204 g/mol. The zero-order chi connectivity index (χ0) is 11.3. The van der Waals surface area contributed by atoms with Gasteiger partial charge in [0.2, 0.25) is 0 Å². The van der Waals surface area contributed by atoms with Crippen LogP contribution < -0.4 is 9.47 Å². The SMILES string of the molecule is COc1cc(CC#N)ccc1OC(F)F. The van der Waals surface area contributed by atoms with Gasteiger partial charge in [0.25, 0.3) is 0 Å². The quantitative estimate of drug-likeness (QED) is 0.771. The van der Waals surface area contributed by atoms with Crippen molar-refractivity contribution in [1.29, 1.82) is 5.26 Å². The van der Waals surface area contributed by atoms with E-state index in [1.54, 1.807) is 6.07 Å². The minimum Gasteiger partial charge on any atom is -0.493 e. The molecule has 0 saturated heterocycles. The van der Waals surface area contributed by atoms with Gasteiger partial charge >= 0.3 is 6.61 Å². The van der Waals surface area contributed by atoms with E-state index in [2.05, 4.69) is 4.74 Å². The van der Waals surface area contributed by atoms with Crippen LogP contribution in [-0.4, -0.2) is 13.7 Å². The maximum atomic E-state index is 12.0. The molecule has 0 atom stereocenters. The summed E-state index contributed by atoms with van der Waals surface area (Å²) in [6.45, 7) is -2.89. The molecule has 1 aromatic rings. The van der Waals surface area contributed by atoms with Crippen molar-refractivity contribution in [2.45, 2.75) is 13.0 Å². The summed E-state index contributed by atoms with van der Waals surface area (Å²) < 4.78 is 33.0. The molecule has 0 bridgehead atoms. The average Bonchev–Trinajstić information content (AvgIpc) is 2.20. The van der Waals surface area contributed by atoms with Crippen molar-refractivity contribution < 1.29 is 18.3 Å². The van der Waals surface area contributed by atoms with Crippen LogP contribution in [0.2, 0.25) is 0 Å². The average molecular weight is 213 g/mol. The van der Waals surface area contributed by atoms with E-state index < -0.39 is 6.61 Å². The predicted molar refractivity (Wildman–Crippen MR) is 48.9 cm³/mol. The van der Waals surface area contributed by atoms with Gasteiger partial charge in [0.15, 0.2) is 11.5 Å². The Kier molecular flexibility index (Phi) is 3.86. The van der Waals surface area contributed by atoms with Crippen LogP contribution in [-0.2, 0) is 6.42 Å². The van der Waals surface area contributed by atoms with Gasteiger partial charge in [0.05, 0.1) is 19.6 Å². The van der Waals surface area contributed by atoms with Gasteiger partial charge in [-0.25, -0.2) is 0 Å². The third kappa shape index (κ3) is 3.09. The molecule has 1 aromatic carbocycles. The Labute approximate surface area is 85.8 Å². The van der Waals surface area contributed by atoms with Crippen molar-refractivity contribution in [3.63, 3.8) is 0 Å². The predicted octanol–water partition coefficient (Wildman–Crippen LogP) is 2.36. The second kappa shape index (κ2) is 5.15. The van der Waals surface area contributed by atoms with Gasteiger partial charge in [-0.15, -0.1) is 0 Å². The van der Waals surface area contributed by atoms with E-state index in [-0.39, 0.29) is 17.9 Å². The first-order valence-corrected chi connectivity index (χ1v) is 4.16. The fourth-order valence-corrected chi connectivity index (χ4v) is 1.11. The Morgan fingerprint density at radius 1 is 1.40 bits per heavy atom. The third-order valence-electron chi connectivity index (χ3n) is 1.73. The van der Waals surface area contributed by atoms with E-state index in [1.807, 2.05) is 6.07 Å². The lowest BCUT2D eigenvalue weighted by Crippen LogP contribution is -2.03. The highest BCUT2D eigenvalue weighted by Crippen LogP contribution is 2.29. The summed E-state index contributed by atoms with van der Waals surface area (Å²) in [4.78, 5) is 0. The van der Waals surface area contributed by atoms with Crippen molar-refractivity contribution in [3.8, 4) is 17.6 Å². The molecule has 0 N–H and O–H groups in total. The summed E-state index contributed by atoms with van der Waals surface area (Å²) in [6.07, 6.45) is 0.200. The summed E-state index contributed by atoms with van der Waals surface area (Å²) in [7, 11) is 1.35. The van der Waals surface area contributed by atoms with E-state index in [9.17, 15) is 8.78 Å². The van der Waals surface area contributed by atoms with Crippen molar-refractivity contribution in [3.05, 3.63) is 23.8 Å². The van der Waals surface area contributed by atoms with Crippen molar-refractivity contribution in [2.24, 2.45) is 0 Å². The number of nitrogens with zero attached hydrogens (tertiary/aromatic N) is 1. The summed E-state index contributed by atoms with van der Waals surface area (Å²) >= 11 is 0. The number of alkyl halides is 2. The molecule has 0 heterocycles. The minimum atomic E-state index is -2.89. The van der Waals surface area contributed by atoms with Crippen LogP contribution in [0.4, 0.5) is 8.78 Å².